The number of carbonyl (C=O) groups excluding carboxylic acids is 2. The first-order valence-corrected chi connectivity index (χ1v) is 8.55. The number of hydrogen-bond acceptors (Lipinski definition) is 7. The van der Waals surface area contributed by atoms with Crippen LogP contribution in [-0.2, 0) is 16.1 Å². The van der Waals surface area contributed by atoms with Crippen LogP contribution >= 0.6 is 0 Å². The largest absolute Gasteiger partial charge is 0.493 e. The number of methoxy groups -OCH3 is 2. The lowest BCUT2D eigenvalue weighted by atomic mass is 10.1. The van der Waals surface area contributed by atoms with E-state index in [1.807, 2.05) is 0 Å². The monoisotopic (exact) mass is 384 g/mol. The standard InChI is InChI=1S/C19H17FN4O4/c1-27-14-7-6-13(9-15(14)28-2)24-18(25)16-17(19(24)26)23(22-21-16)10-11-4-3-5-12(20)8-11/h3-9,16-17H,10H2,1-2H3. The van der Waals surface area contributed by atoms with Gasteiger partial charge in [-0.2, -0.15) is 5.11 Å². The van der Waals surface area contributed by atoms with Crippen LogP contribution in [0.3, 0.4) is 0 Å². The van der Waals surface area contributed by atoms with Gasteiger partial charge >= 0.3 is 0 Å². The van der Waals surface area contributed by atoms with E-state index in [1.165, 1.54) is 31.4 Å². The van der Waals surface area contributed by atoms with Gasteiger partial charge in [-0.05, 0) is 29.8 Å². The third kappa shape index (κ3) is 2.84. The van der Waals surface area contributed by atoms with Gasteiger partial charge in [-0.1, -0.05) is 17.4 Å². The van der Waals surface area contributed by atoms with Gasteiger partial charge in [0, 0.05) is 6.07 Å². The summed E-state index contributed by atoms with van der Waals surface area (Å²) in [5.41, 5.74) is 0.993. The van der Waals surface area contributed by atoms with Crippen molar-refractivity contribution in [1.82, 2.24) is 5.01 Å². The summed E-state index contributed by atoms with van der Waals surface area (Å²) in [5.74, 6) is -0.406. The van der Waals surface area contributed by atoms with E-state index < -0.39 is 23.9 Å². The van der Waals surface area contributed by atoms with E-state index in [1.54, 1.807) is 30.3 Å². The molecule has 0 aliphatic carbocycles. The van der Waals surface area contributed by atoms with E-state index in [0.29, 0.717) is 22.7 Å². The van der Waals surface area contributed by atoms with E-state index in [-0.39, 0.29) is 12.4 Å². The Balaban J connectivity index is 1.61. The van der Waals surface area contributed by atoms with Crippen molar-refractivity contribution in [2.24, 2.45) is 10.3 Å². The van der Waals surface area contributed by atoms with Gasteiger partial charge < -0.3 is 9.47 Å². The first-order chi connectivity index (χ1) is 13.5. The SMILES string of the molecule is COc1ccc(N2C(=O)C3N=NN(Cc4cccc(F)c4)C3C2=O)cc1OC. The summed E-state index contributed by atoms with van der Waals surface area (Å²) >= 11 is 0. The van der Waals surface area contributed by atoms with Gasteiger partial charge in [0.1, 0.15) is 5.82 Å². The lowest BCUT2D eigenvalue weighted by molar-refractivity contribution is -0.123. The third-order valence-corrected chi connectivity index (χ3v) is 4.72. The molecule has 1 saturated heterocycles. The van der Waals surface area contributed by atoms with E-state index in [9.17, 15) is 14.0 Å². The molecule has 2 aromatic rings. The van der Waals surface area contributed by atoms with Crippen LogP contribution in [0.25, 0.3) is 0 Å². The second kappa shape index (κ2) is 6.91. The van der Waals surface area contributed by atoms with Crippen LogP contribution in [0.2, 0.25) is 0 Å². The zero-order valence-electron chi connectivity index (χ0n) is 15.2. The van der Waals surface area contributed by atoms with Crippen LogP contribution < -0.4 is 14.4 Å². The number of nitrogens with zero attached hydrogens (tertiary/aromatic N) is 4. The third-order valence-electron chi connectivity index (χ3n) is 4.72. The van der Waals surface area contributed by atoms with Crippen LogP contribution in [0.15, 0.2) is 52.8 Å². The summed E-state index contributed by atoms with van der Waals surface area (Å²) < 4.78 is 23.9. The van der Waals surface area contributed by atoms with E-state index in [4.69, 9.17) is 9.47 Å². The Morgan fingerprint density at radius 2 is 1.82 bits per heavy atom. The maximum atomic E-state index is 13.4. The molecule has 28 heavy (non-hydrogen) atoms. The second-order valence-electron chi connectivity index (χ2n) is 6.37. The molecule has 2 aromatic carbocycles. The van der Waals surface area contributed by atoms with Gasteiger partial charge in [0.2, 0.25) is 0 Å². The number of halogens is 1. The maximum absolute atomic E-state index is 13.4. The predicted octanol–water partition coefficient (Wildman–Crippen LogP) is 2.34. The fourth-order valence-corrected chi connectivity index (χ4v) is 3.39. The fourth-order valence-electron chi connectivity index (χ4n) is 3.39. The van der Waals surface area contributed by atoms with Crippen LogP contribution in [0.4, 0.5) is 10.1 Å². The van der Waals surface area contributed by atoms with Gasteiger partial charge in [-0.15, -0.1) is 0 Å². The number of carbonyl (C=O) groups is 2. The quantitative estimate of drug-likeness (QED) is 0.739. The van der Waals surface area contributed by atoms with Crippen LogP contribution in [0.1, 0.15) is 5.56 Å². The van der Waals surface area contributed by atoms with Gasteiger partial charge in [-0.25, -0.2) is 9.29 Å². The molecular weight excluding hydrogens is 367 g/mol. The number of amides is 2. The lowest BCUT2D eigenvalue weighted by Crippen LogP contribution is -2.39. The van der Waals surface area contributed by atoms with Crippen molar-refractivity contribution >= 4 is 17.5 Å². The summed E-state index contributed by atoms with van der Waals surface area (Å²) in [4.78, 5) is 26.9. The smallest absolute Gasteiger partial charge is 0.263 e. The Labute approximate surface area is 160 Å². The Kier molecular flexibility index (Phi) is 4.42. The van der Waals surface area contributed by atoms with Crippen molar-refractivity contribution in [2.45, 2.75) is 18.6 Å². The molecule has 2 aliphatic rings. The number of benzene rings is 2. The Hall–Kier alpha value is -3.49. The zero-order valence-corrected chi connectivity index (χ0v) is 15.2. The first-order valence-electron chi connectivity index (χ1n) is 8.55. The molecule has 0 spiro atoms. The van der Waals surface area contributed by atoms with Crippen molar-refractivity contribution in [3.05, 3.63) is 53.8 Å². The highest BCUT2D eigenvalue weighted by Gasteiger charge is 2.54. The Morgan fingerprint density at radius 1 is 1.04 bits per heavy atom. The molecule has 8 nitrogen and oxygen atoms in total. The molecule has 9 heteroatoms. The first kappa shape index (κ1) is 17.9. The van der Waals surface area contributed by atoms with E-state index >= 15 is 0 Å². The van der Waals surface area contributed by atoms with Crippen LogP contribution in [-0.4, -0.2) is 43.1 Å². The average molecular weight is 384 g/mol. The molecule has 2 heterocycles. The molecule has 0 N–H and O–H groups in total. The predicted molar refractivity (Wildman–Crippen MR) is 96.4 cm³/mol. The number of imide groups is 1. The van der Waals surface area contributed by atoms with E-state index in [2.05, 4.69) is 10.3 Å². The molecule has 2 amide bonds. The minimum atomic E-state index is -0.922. The van der Waals surface area contributed by atoms with Crippen molar-refractivity contribution in [1.29, 1.82) is 0 Å². The molecule has 2 aliphatic heterocycles. The second-order valence-corrected chi connectivity index (χ2v) is 6.37. The highest BCUT2D eigenvalue weighted by Crippen LogP contribution is 2.36. The summed E-state index contributed by atoms with van der Waals surface area (Å²) in [5, 5.41) is 9.35. The average Bonchev–Trinajstić information content (AvgIpc) is 3.21. The highest BCUT2D eigenvalue weighted by molar-refractivity contribution is 6.25. The number of ether oxygens (including phenoxy) is 2. The molecule has 144 valence electrons. The molecule has 0 aromatic heterocycles. The minimum absolute atomic E-state index is 0.168. The van der Waals surface area contributed by atoms with Crippen LogP contribution in [0.5, 0.6) is 11.5 Å². The molecule has 1 fully saturated rings. The number of anilines is 1. The molecule has 2 unspecified atom stereocenters. The molecule has 0 radical (unpaired) electrons. The van der Waals surface area contributed by atoms with Crippen molar-refractivity contribution in [3.8, 4) is 11.5 Å². The van der Waals surface area contributed by atoms with Gasteiger partial charge in [-0.3, -0.25) is 14.6 Å². The molecule has 2 atom stereocenters. The van der Waals surface area contributed by atoms with Crippen molar-refractivity contribution in [3.63, 3.8) is 0 Å². The minimum Gasteiger partial charge on any atom is -0.493 e. The summed E-state index contributed by atoms with van der Waals surface area (Å²) in [6, 6.07) is 8.99. The topological polar surface area (TPSA) is 83.8 Å². The normalized spacial score (nSPS) is 20.7. The van der Waals surface area contributed by atoms with Crippen molar-refractivity contribution in [2.75, 3.05) is 19.1 Å². The molecule has 0 saturated carbocycles. The maximum Gasteiger partial charge on any atom is 0.263 e. The number of fused-ring (bicyclic) bond motifs is 1. The van der Waals surface area contributed by atoms with Crippen molar-refractivity contribution < 1.29 is 23.5 Å². The van der Waals surface area contributed by atoms with E-state index in [0.717, 1.165) is 4.90 Å². The Bertz CT molecular complexity index is 980. The summed E-state index contributed by atoms with van der Waals surface area (Å²) in [7, 11) is 2.97. The zero-order chi connectivity index (χ0) is 19.8. The highest BCUT2D eigenvalue weighted by atomic mass is 19.1. The fraction of sp³-hybridized carbons (Fsp3) is 0.263. The lowest BCUT2D eigenvalue weighted by Gasteiger charge is -2.21. The molecular formula is C19H17FN4O4. The number of hydrogen-bond donors (Lipinski definition) is 0. The Morgan fingerprint density at radius 3 is 2.54 bits per heavy atom. The summed E-state index contributed by atoms with van der Waals surface area (Å²) in [6.07, 6.45) is 0. The van der Waals surface area contributed by atoms with Crippen LogP contribution in [0, 0.1) is 5.82 Å². The van der Waals surface area contributed by atoms with Gasteiger partial charge in [0.15, 0.2) is 23.6 Å². The van der Waals surface area contributed by atoms with Gasteiger partial charge in [0.25, 0.3) is 11.8 Å². The molecule has 4 rings (SSSR count). The molecule has 0 bridgehead atoms. The summed E-state index contributed by atoms with van der Waals surface area (Å²) in [6.45, 7) is 0.168. The number of rotatable bonds is 5. The van der Waals surface area contributed by atoms with Gasteiger partial charge in [0.05, 0.1) is 26.5 Å².